The highest BCUT2D eigenvalue weighted by molar-refractivity contribution is 6.00. The molecule has 0 aliphatic rings. The van der Waals surface area contributed by atoms with E-state index in [1.807, 2.05) is 32.0 Å². The first-order chi connectivity index (χ1) is 56.5. The quantitative estimate of drug-likeness (QED) is 0.0326. The lowest BCUT2D eigenvalue weighted by Gasteiger charge is -2.11. The van der Waals surface area contributed by atoms with E-state index in [4.69, 9.17) is 89.8 Å². The summed E-state index contributed by atoms with van der Waals surface area (Å²) in [6.45, 7) is -17.7. The van der Waals surface area contributed by atoms with Gasteiger partial charge in [-0.2, -0.15) is 0 Å². The molecule has 0 saturated carbocycles. The van der Waals surface area contributed by atoms with Gasteiger partial charge in [-0.15, -0.1) is 0 Å². The number of rotatable bonds is 28. The van der Waals surface area contributed by atoms with Crippen molar-refractivity contribution >= 4 is 45.9 Å². The molecule has 92 heavy (non-hydrogen) atoms. The molecule has 0 aliphatic carbocycles. The molecule has 0 heterocycles. The minimum Gasteiger partial charge on any atom is -0.493 e. The van der Waals surface area contributed by atoms with Crippen LogP contribution in [0.2, 0.25) is 0 Å². The van der Waals surface area contributed by atoms with Crippen molar-refractivity contribution in [1.29, 1.82) is 21.6 Å². The third-order valence-corrected chi connectivity index (χ3v) is 12.0. The summed E-state index contributed by atoms with van der Waals surface area (Å²) in [6.07, 6.45) is -1.52. The molecule has 20 heteroatoms. The van der Waals surface area contributed by atoms with Crippen molar-refractivity contribution in [2.75, 3.05) is 52.7 Å². The SMILES string of the molecule is CCOc1cc([N+]#N)c(OCC)cc1CC(=O)c1ccccc1.[2H]C([2H])([2H])C([2H])([2H])Oc1cc([N+]#N)c(OC([2H])([2H])C([2H])([2H])[2H])cc1CC(=O)c1ccccc1.[2H]c1c([2H])c([2H])c(C(=O)Cc2cc(OC([2H])([2H])C([2H])([2H])[2H])c([N+]#N)cc2OC([2H])([2H])C([2H])([2H])[2H])c([2H])c1[2H].[2H]c1c([2H])c([2H])c(C(=O)Cc2cc(OCC)c([N+]#N)cc2OCC)c([2H])c1[2H]. The number of hydrogen-bond donors (Lipinski definition) is 0. The average molecular weight is 1280 g/mol. The number of ketones is 4. The van der Waals surface area contributed by atoms with Crippen molar-refractivity contribution in [3.63, 3.8) is 0 Å². The van der Waals surface area contributed by atoms with Crippen molar-refractivity contribution < 1.29 is 98.2 Å². The monoisotopic (exact) mass is 1270 g/mol. The van der Waals surface area contributed by atoms with Crippen LogP contribution < -0.4 is 37.9 Å². The first-order valence-corrected chi connectivity index (χ1v) is 27.2. The van der Waals surface area contributed by atoms with Gasteiger partial charge in [0.1, 0.15) is 23.0 Å². The summed E-state index contributed by atoms with van der Waals surface area (Å²) in [4.78, 5) is 63.1. The Morgan fingerprint density at radius 2 is 0.587 bits per heavy atom. The second-order valence-corrected chi connectivity index (χ2v) is 17.8. The van der Waals surface area contributed by atoms with Gasteiger partial charge in [-0.25, -0.2) is 0 Å². The number of diazo groups is 4. The summed E-state index contributed by atoms with van der Waals surface area (Å²) >= 11 is 0. The Bertz CT molecular complexity index is 5320. The van der Waals surface area contributed by atoms with E-state index in [2.05, 4.69) is 19.9 Å². The van der Waals surface area contributed by atoms with Crippen LogP contribution in [0.4, 0.5) is 22.7 Å². The molecule has 0 N–H and O–H groups in total. The van der Waals surface area contributed by atoms with E-state index >= 15 is 0 Å². The number of carbonyl (C=O) groups is 4. The smallest absolute Gasteiger partial charge is 0.429 e. The molecule has 8 rings (SSSR count). The van der Waals surface area contributed by atoms with E-state index in [9.17, 15) is 30.0 Å². The molecule has 0 atom stereocenters. The van der Waals surface area contributed by atoms with Gasteiger partial charge in [-0.05, 0) is 79.4 Å². The zero-order valence-electron chi connectivity index (χ0n) is 79.5. The van der Waals surface area contributed by atoms with Crippen LogP contribution in [0.1, 0.15) is 160 Å². The number of hydrogen-bond acceptors (Lipinski definition) is 16. The zero-order valence-corrected chi connectivity index (χ0v) is 49.5. The van der Waals surface area contributed by atoms with Crippen LogP contribution in [0.3, 0.4) is 0 Å². The highest BCUT2D eigenvalue weighted by atomic mass is 16.5. The molecule has 472 valence electrons. The van der Waals surface area contributed by atoms with Crippen LogP contribution in [-0.2, 0) is 25.7 Å². The van der Waals surface area contributed by atoms with E-state index < -0.39 is 190 Å². The van der Waals surface area contributed by atoms with Gasteiger partial charge in [0, 0.05) is 86.6 Å². The van der Waals surface area contributed by atoms with Gasteiger partial charge in [-0.1, -0.05) is 121 Å². The van der Waals surface area contributed by atoms with Gasteiger partial charge in [-0.3, -0.25) is 19.2 Å². The van der Waals surface area contributed by atoms with E-state index in [0.29, 0.717) is 54.1 Å². The first-order valence-electron chi connectivity index (χ1n) is 42.2. The van der Waals surface area contributed by atoms with E-state index in [-0.39, 0.29) is 64.8 Å². The molecule has 0 bridgehead atoms. The van der Waals surface area contributed by atoms with Gasteiger partial charge in [0.15, 0.2) is 43.0 Å². The third kappa shape index (κ3) is 21.4. The fraction of sp³-hybridized carbons (Fsp3) is 0.278. The predicted octanol–water partition coefficient (Wildman–Crippen LogP) is 17.6. The molecule has 0 aromatic heterocycles. The molecule has 8 aromatic rings. The molecule has 0 saturated heterocycles. The van der Waals surface area contributed by atoms with Crippen LogP contribution in [0.15, 0.2) is 170 Å². The minimum atomic E-state index is -3.38. The highest BCUT2D eigenvalue weighted by Gasteiger charge is 2.27. The first kappa shape index (κ1) is 38.8. The van der Waals surface area contributed by atoms with Crippen molar-refractivity contribution in [3.05, 3.63) is 234 Å². The average Bonchev–Trinajstić information content (AvgIpc) is 0.781. The summed E-state index contributed by atoms with van der Waals surface area (Å²) in [5.74, 6) is -3.43. The van der Waals surface area contributed by atoms with E-state index in [1.54, 1.807) is 56.3 Å². The zero-order chi connectivity index (χ0) is 92.5. The number of nitrogens with zero attached hydrogens (tertiary/aromatic N) is 8. The summed E-state index contributed by atoms with van der Waals surface area (Å²) in [5, 5.41) is 36.9. The summed E-state index contributed by atoms with van der Waals surface area (Å²) in [5.41, 5.74) is -0.675. The Hall–Kier alpha value is -11.5. The van der Waals surface area contributed by atoms with Crippen LogP contribution in [0.5, 0.6) is 46.0 Å². The minimum absolute atomic E-state index is 0.0114. The van der Waals surface area contributed by atoms with E-state index in [1.165, 1.54) is 24.3 Å². The van der Waals surface area contributed by atoms with Gasteiger partial charge >= 0.3 is 22.7 Å². The Labute approximate surface area is 578 Å². The second-order valence-electron chi connectivity index (χ2n) is 17.8. The lowest BCUT2D eigenvalue weighted by Crippen LogP contribution is -2.06. The fourth-order valence-corrected chi connectivity index (χ4v) is 8.03. The topological polar surface area (TPSA) is 255 Å². The molecule has 0 radical (unpaired) electrons. The van der Waals surface area contributed by atoms with Gasteiger partial charge < -0.3 is 37.9 Å². The molecule has 0 amide bonds. The van der Waals surface area contributed by atoms with Crippen LogP contribution in [0.25, 0.3) is 19.9 Å². The maximum atomic E-state index is 13.1. The summed E-state index contributed by atoms with van der Waals surface area (Å²) in [6, 6.07) is 19.3. The Morgan fingerprint density at radius 3 is 0.848 bits per heavy atom. The molecule has 0 fully saturated rings. The predicted molar refractivity (Wildman–Crippen MR) is 352 cm³/mol. The molecule has 0 spiro atoms. The Morgan fingerprint density at radius 1 is 0.348 bits per heavy atom. The van der Waals surface area contributed by atoms with Gasteiger partial charge in [0.05, 0.1) is 102 Å². The standard InChI is InChI=1S/4C18H19N2O3/c4*1-3-22-17-12-15(20-19)18(23-4-2)11-14(17)10-16(21)13-8-6-5-7-9-13/h4*5-9,11-12H,3-4,10H2,1-2H3/q4*+1/i1D3,2D3,3D2,4D2,5D,6D,7D,8D,9D;5D,6D,7D,8D,9D;1D3,2D3,3D2,4D2;. The van der Waals surface area contributed by atoms with Crippen molar-refractivity contribution in [2.24, 2.45) is 0 Å². The molecule has 0 aliphatic heterocycles. The van der Waals surface area contributed by atoms with Crippen LogP contribution in [-0.4, -0.2) is 75.8 Å². The van der Waals surface area contributed by atoms with Crippen LogP contribution >= 0.6 is 0 Å². The van der Waals surface area contributed by atoms with Gasteiger partial charge in [0.25, 0.3) is 0 Å². The number of Topliss-reactive ketones (excluding diaryl/α,β-unsaturated/α-hetero) is 4. The lowest BCUT2D eigenvalue weighted by molar-refractivity contribution is 0.0983. The summed E-state index contributed by atoms with van der Waals surface area (Å²) in [7, 11) is 0. The van der Waals surface area contributed by atoms with E-state index in [0.717, 1.165) is 18.2 Å². The molecule has 8 aromatic carbocycles. The maximum absolute atomic E-state index is 13.1. The Kier molecular flexibility index (Phi) is 16.3. The lowest BCUT2D eigenvalue weighted by atomic mass is 10.0. The molecule has 0 unspecified atom stereocenters. The highest BCUT2D eigenvalue weighted by Crippen LogP contribution is 2.40. The molecule has 20 nitrogen and oxygen atoms in total. The largest absolute Gasteiger partial charge is 0.493 e. The molecular formula is C72H76N8O12+4. The summed E-state index contributed by atoms with van der Waals surface area (Å²) < 4.78 is 269. The van der Waals surface area contributed by atoms with Crippen molar-refractivity contribution in [3.8, 4) is 46.0 Å². The second kappa shape index (κ2) is 38.7. The normalized spacial score (nSPS) is 15.9. The Balaban J connectivity index is 0.000000293. The fourth-order valence-electron chi connectivity index (χ4n) is 8.03. The van der Waals surface area contributed by atoms with Crippen LogP contribution in [0, 0.1) is 21.6 Å². The van der Waals surface area contributed by atoms with Gasteiger partial charge in [0.2, 0.25) is 44.6 Å². The van der Waals surface area contributed by atoms with Crippen molar-refractivity contribution in [1.82, 2.24) is 0 Å². The number of benzene rings is 8. The number of carbonyl (C=O) groups excluding carboxylic acids is 4. The molecular weight excluding hydrogens is 1170 g/mol. The maximum Gasteiger partial charge on any atom is 0.429 e. The van der Waals surface area contributed by atoms with Crippen molar-refractivity contribution in [2.45, 2.75) is 80.8 Å². The number of ether oxygens (including phenoxy) is 8. The third-order valence-electron chi connectivity index (χ3n) is 12.0.